The third-order valence-electron chi connectivity index (χ3n) is 6.03. The van der Waals surface area contributed by atoms with Crippen LogP contribution in [0.2, 0.25) is 0 Å². The van der Waals surface area contributed by atoms with Crippen LogP contribution in [0.3, 0.4) is 0 Å². The molecule has 0 unspecified atom stereocenters. The zero-order valence-electron chi connectivity index (χ0n) is 17.3. The molecule has 2 aliphatic heterocycles. The van der Waals surface area contributed by atoms with Crippen molar-refractivity contribution >= 4 is 5.82 Å². The van der Waals surface area contributed by atoms with Gasteiger partial charge in [0.05, 0.1) is 6.04 Å². The van der Waals surface area contributed by atoms with E-state index in [1.54, 1.807) is 6.20 Å². The van der Waals surface area contributed by atoms with Crippen molar-refractivity contribution in [3.8, 4) is 11.4 Å². The Kier molecular flexibility index (Phi) is 5.42. The summed E-state index contributed by atoms with van der Waals surface area (Å²) in [6, 6.07) is 8.33. The van der Waals surface area contributed by atoms with Crippen LogP contribution < -0.4 is 4.90 Å². The molecule has 3 aromatic heterocycles. The minimum atomic E-state index is 0.157. The third kappa shape index (κ3) is 4.06. The van der Waals surface area contributed by atoms with Gasteiger partial charge in [0.15, 0.2) is 0 Å². The first kappa shape index (κ1) is 19.1. The summed E-state index contributed by atoms with van der Waals surface area (Å²) in [5.74, 6) is 2.30. The molecule has 2 fully saturated rings. The third-order valence-corrected chi connectivity index (χ3v) is 6.03. The lowest BCUT2D eigenvalue weighted by atomic mass is 10.2. The van der Waals surface area contributed by atoms with Crippen LogP contribution in [0, 0.1) is 0 Å². The van der Waals surface area contributed by atoms with Gasteiger partial charge < -0.3 is 14.3 Å². The lowest BCUT2D eigenvalue weighted by Crippen LogP contribution is -2.44. The maximum atomic E-state index is 5.67. The molecule has 0 aliphatic carbocycles. The van der Waals surface area contributed by atoms with Crippen molar-refractivity contribution in [3.63, 3.8) is 0 Å². The zero-order chi connectivity index (χ0) is 20.3. The van der Waals surface area contributed by atoms with Crippen LogP contribution in [0.5, 0.6) is 0 Å². The van der Waals surface area contributed by atoms with Gasteiger partial charge in [-0.25, -0.2) is 4.98 Å². The van der Waals surface area contributed by atoms with Gasteiger partial charge in [-0.3, -0.25) is 9.88 Å². The number of pyridine rings is 2. The highest BCUT2D eigenvalue weighted by atomic mass is 16.5. The summed E-state index contributed by atoms with van der Waals surface area (Å²) in [6.07, 6.45) is 7.73. The summed E-state index contributed by atoms with van der Waals surface area (Å²) in [7, 11) is 2.16. The summed E-state index contributed by atoms with van der Waals surface area (Å²) in [4.78, 5) is 20.6. The van der Waals surface area contributed by atoms with Crippen molar-refractivity contribution in [2.75, 3.05) is 44.7 Å². The number of likely N-dealkylation sites (tertiary alicyclic amines) is 1. The quantitative estimate of drug-likeness (QED) is 0.641. The lowest BCUT2D eigenvalue weighted by Gasteiger charge is -2.33. The Labute approximate surface area is 176 Å². The van der Waals surface area contributed by atoms with E-state index in [1.165, 1.54) is 5.56 Å². The molecule has 0 aromatic carbocycles. The smallest absolute Gasteiger partial charge is 0.244 e. The highest BCUT2D eigenvalue weighted by molar-refractivity contribution is 5.56. The predicted molar refractivity (Wildman–Crippen MR) is 114 cm³/mol. The van der Waals surface area contributed by atoms with E-state index >= 15 is 0 Å². The van der Waals surface area contributed by atoms with E-state index in [4.69, 9.17) is 9.51 Å². The van der Waals surface area contributed by atoms with E-state index in [9.17, 15) is 0 Å². The Bertz CT molecular complexity index is 951. The Balaban J connectivity index is 1.28. The van der Waals surface area contributed by atoms with Gasteiger partial charge in [0.25, 0.3) is 0 Å². The number of piperazine rings is 1. The summed E-state index contributed by atoms with van der Waals surface area (Å²) in [6.45, 7) is 6.01. The second-order valence-electron chi connectivity index (χ2n) is 8.14. The van der Waals surface area contributed by atoms with Gasteiger partial charge in [-0.05, 0) is 50.2 Å². The van der Waals surface area contributed by atoms with Gasteiger partial charge in [-0.15, -0.1) is 0 Å². The van der Waals surface area contributed by atoms with Gasteiger partial charge in [0.1, 0.15) is 5.82 Å². The molecule has 30 heavy (non-hydrogen) atoms. The van der Waals surface area contributed by atoms with E-state index in [0.29, 0.717) is 11.7 Å². The second-order valence-corrected chi connectivity index (χ2v) is 8.14. The lowest BCUT2D eigenvalue weighted by molar-refractivity contribution is 0.201. The fraction of sp³-hybridized carbons (Fsp3) is 0.455. The van der Waals surface area contributed by atoms with E-state index in [1.807, 2.05) is 24.5 Å². The van der Waals surface area contributed by atoms with Gasteiger partial charge in [0.2, 0.25) is 11.7 Å². The van der Waals surface area contributed by atoms with Gasteiger partial charge in [-0.2, -0.15) is 4.98 Å². The molecular formula is C22H27N7O. The standard InChI is InChI=1S/C22H27N7O/c1-27-10-12-28(13-11-27)20-7-6-18(15-24-20)21-25-22(30-26-21)19-5-3-9-29(19)16-17-4-2-8-23-14-17/h2,4,6-8,14-15,19H,3,5,9-13,16H2,1H3/t19-/m0/s1. The van der Waals surface area contributed by atoms with Crippen molar-refractivity contribution in [1.82, 2.24) is 29.9 Å². The molecule has 0 bridgehead atoms. The van der Waals surface area contributed by atoms with Crippen LogP contribution in [-0.4, -0.2) is 69.7 Å². The highest BCUT2D eigenvalue weighted by Crippen LogP contribution is 2.33. The van der Waals surface area contributed by atoms with E-state index in [0.717, 1.165) is 63.5 Å². The summed E-state index contributed by atoms with van der Waals surface area (Å²) < 4.78 is 5.67. The Morgan fingerprint density at radius 3 is 2.73 bits per heavy atom. The van der Waals surface area contributed by atoms with Crippen molar-refractivity contribution in [2.24, 2.45) is 0 Å². The van der Waals surface area contributed by atoms with Crippen molar-refractivity contribution in [1.29, 1.82) is 0 Å². The average molecular weight is 406 g/mol. The van der Waals surface area contributed by atoms with Crippen LogP contribution >= 0.6 is 0 Å². The summed E-state index contributed by atoms with van der Waals surface area (Å²) >= 11 is 0. The molecule has 1 atom stereocenters. The molecule has 5 heterocycles. The SMILES string of the molecule is CN1CCN(c2ccc(-c3noc([C@@H]4CCCN4Cc4cccnc4)n3)cn2)CC1. The predicted octanol–water partition coefficient (Wildman–Crippen LogP) is 2.62. The molecule has 3 aromatic rings. The van der Waals surface area contributed by atoms with Crippen molar-refractivity contribution in [3.05, 3.63) is 54.3 Å². The number of anilines is 1. The number of nitrogens with zero attached hydrogens (tertiary/aromatic N) is 7. The summed E-state index contributed by atoms with van der Waals surface area (Å²) in [5, 5.41) is 4.24. The molecule has 0 spiro atoms. The average Bonchev–Trinajstić information content (AvgIpc) is 3.45. The molecule has 2 saturated heterocycles. The molecule has 2 aliphatic rings. The van der Waals surface area contributed by atoms with E-state index in [2.05, 4.69) is 49.0 Å². The first-order chi connectivity index (χ1) is 14.8. The number of hydrogen-bond acceptors (Lipinski definition) is 8. The molecule has 156 valence electrons. The van der Waals surface area contributed by atoms with Gasteiger partial charge in [0, 0.05) is 56.9 Å². The fourth-order valence-electron chi connectivity index (χ4n) is 4.25. The number of hydrogen-bond donors (Lipinski definition) is 0. The minimum Gasteiger partial charge on any atom is -0.354 e. The van der Waals surface area contributed by atoms with E-state index < -0.39 is 0 Å². The number of aromatic nitrogens is 4. The van der Waals surface area contributed by atoms with Gasteiger partial charge in [-0.1, -0.05) is 11.2 Å². The monoisotopic (exact) mass is 405 g/mol. The molecule has 0 amide bonds. The Morgan fingerprint density at radius 2 is 1.97 bits per heavy atom. The molecule has 0 saturated carbocycles. The molecule has 0 N–H and O–H groups in total. The second kappa shape index (κ2) is 8.49. The molecule has 5 rings (SSSR count). The molecular weight excluding hydrogens is 378 g/mol. The molecule has 8 heteroatoms. The van der Waals surface area contributed by atoms with Crippen LogP contribution in [0.1, 0.15) is 30.3 Å². The fourth-order valence-corrected chi connectivity index (χ4v) is 4.25. The largest absolute Gasteiger partial charge is 0.354 e. The van der Waals surface area contributed by atoms with Crippen molar-refractivity contribution < 1.29 is 4.52 Å². The van der Waals surface area contributed by atoms with Crippen LogP contribution in [0.4, 0.5) is 5.82 Å². The maximum Gasteiger partial charge on any atom is 0.244 e. The van der Waals surface area contributed by atoms with Gasteiger partial charge >= 0.3 is 0 Å². The zero-order valence-corrected chi connectivity index (χ0v) is 17.3. The highest BCUT2D eigenvalue weighted by Gasteiger charge is 2.31. The first-order valence-electron chi connectivity index (χ1n) is 10.6. The minimum absolute atomic E-state index is 0.157. The number of rotatable bonds is 5. The molecule has 0 radical (unpaired) electrons. The summed E-state index contributed by atoms with van der Waals surface area (Å²) in [5.41, 5.74) is 2.09. The van der Waals surface area contributed by atoms with E-state index in [-0.39, 0.29) is 6.04 Å². The maximum absolute atomic E-state index is 5.67. The van der Waals surface area contributed by atoms with Crippen LogP contribution in [-0.2, 0) is 6.54 Å². The normalized spacial score (nSPS) is 20.7. The Hall–Kier alpha value is -2.84. The van der Waals surface area contributed by atoms with Crippen molar-refractivity contribution in [2.45, 2.75) is 25.4 Å². The Morgan fingerprint density at radius 1 is 1.07 bits per heavy atom. The van der Waals surface area contributed by atoms with Crippen LogP contribution in [0.15, 0.2) is 47.4 Å². The first-order valence-corrected chi connectivity index (χ1v) is 10.6. The number of likely N-dealkylation sites (N-methyl/N-ethyl adjacent to an activating group) is 1. The topological polar surface area (TPSA) is 74.4 Å². The van der Waals surface area contributed by atoms with Crippen LogP contribution in [0.25, 0.3) is 11.4 Å². The molecule has 8 nitrogen and oxygen atoms in total.